The molecule has 0 amide bonds. The lowest BCUT2D eigenvalue weighted by atomic mass is 10.1. The van der Waals surface area contributed by atoms with Gasteiger partial charge in [-0.1, -0.05) is 0 Å². The number of aryl methyl sites for hydroxylation is 1. The van der Waals surface area contributed by atoms with Crippen LogP contribution in [0, 0.1) is 12.7 Å². The topological polar surface area (TPSA) is 77.2 Å². The Balaban J connectivity index is 2.79. The van der Waals surface area contributed by atoms with Gasteiger partial charge in [0.2, 0.25) is 0 Å². The number of carbonyl (C=O) groups excluding carboxylic acids is 1. The van der Waals surface area contributed by atoms with Gasteiger partial charge in [0.1, 0.15) is 11.6 Å². The second kappa shape index (κ2) is 6.06. The molecule has 0 saturated carbocycles. The van der Waals surface area contributed by atoms with Crippen LogP contribution in [0.1, 0.15) is 22.3 Å². The molecule has 0 unspecified atom stereocenters. The van der Waals surface area contributed by atoms with Gasteiger partial charge in [-0.25, -0.2) is 12.8 Å². The minimum absolute atomic E-state index is 0.102. The van der Waals surface area contributed by atoms with Gasteiger partial charge in [0.15, 0.2) is 15.6 Å². The minimum atomic E-state index is -3.44. The van der Waals surface area contributed by atoms with E-state index in [2.05, 4.69) is 0 Å². The second-order valence-electron chi connectivity index (χ2n) is 4.12. The third-order valence-electron chi connectivity index (χ3n) is 2.49. The van der Waals surface area contributed by atoms with Crippen molar-refractivity contribution in [3.8, 4) is 0 Å². The van der Waals surface area contributed by atoms with E-state index < -0.39 is 27.2 Å². The molecule has 1 aromatic rings. The molecular weight excluding hydrogens is 257 g/mol. The predicted octanol–water partition coefficient (Wildman–Crippen LogP) is 1.08. The number of carbonyl (C=O) groups is 1. The van der Waals surface area contributed by atoms with E-state index in [-0.39, 0.29) is 17.9 Å². The zero-order valence-corrected chi connectivity index (χ0v) is 11.0. The van der Waals surface area contributed by atoms with Crippen molar-refractivity contribution in [1.82, 2.24) is 0 Å². The Hall–Kier alpha value is -1.27. The number of Topliss-reactive ketones (excluding diaryl/α,β-unsaturated/α-hetero) is 1. The summed E-state index contributed by atoms with van der Waals surface area (Å²) in [7, 11) is -3.44. The minimum Gasteiger partial charge on any atom is -0.330 e. The summed E-state index contributed by atoms with van der Waals surface area (Å²) in [6.07, 6.45) is 0.331. The maximum atomic E-state index is 13.0. The molecule has 0 atom stereocenters. The van der Waals surface area contributed by atoms with Gasteiger partial charge < -0.3 is 5.73 Å². The zero-order chi connectivity index (χ0) is 13.8. The first-order chi connectivity index (χ1) is 8.35. The molecule has 18 heavy (non-hydrogen) atoms. The van der Waals surface area contributed by atoms with Crippen LogP contribution >= 0.6 is 0 Å². The largest absolute Gasteiger partial charge is 0.330 e. The lowest BCUT2D eigenvalue weighted by Gasteiger charge is -2.04. The van der Waals surface area contributed by atoms with Crippen LogP contribution in [0.5, 0.6) is 0 Å². The lowest BCUT2D eigenvalue weighted by Crippen LogP contribution is -2.20. The fraction of sp³-hybridized carbons (Fsp3) is 0.417. The Bertz CT molecular complexity index is 540. The summed E-state index contributed by atoms with van der Waals surface area (Å²) in [4.78, 5) is 11.8. The first kappa shape index (κ1) is 14.8. The number of benzene rings is 1. The summed E-state index contributed by atoms with van der Waals surface area (Å²) in [5.41, 5.74) is 5.76. The standard InChI is InChI=1S/C12H16FNO3S/c1-9-7-10(3-4-11(9)13)12(15)8-18(16,17)6-2-5-14/h3-4,7H,2,5-6,8,14H2,1H3. The van der Waals surface area contributed by atoms with Crippen LogP contribution in [0.25, 0.3) is 0 Å². The molecule has 0 radical (unpaired) electrons. The number of halogens is 1. The van der Waals surface area contributed by atoms with Crippen LogP contribution in [0.4, 0.5) is 4.39 Å². The van der Waals surface area contributed by atoms with E-state index in [0.717, 1.165) is 6.07 Å². The van der Waals surface area contributed by atoms with E-state index in [1.165, 1.54) is 19.1 Å². The molecule has 0 heterocycles. The molecule has 0 aliphatic heterocycles. The molecule has 0 saturated heterocycles. The van der Waals surface area contributed by atoms with E-state index in [4.69, 9.17) is 5.73 Å². The highest BCUT2D eigenvalue weighted by Gasteiger charge is 2.18. The number of rotatable bonds is 6. The molecule has 4 nitrogen and oxygen atoms in total. The summed E-state index contributed by atoms with van der Waals surface area (Å²) in [6, 6.07) is 3.81. The maximum absolute atomic E-state index is 13.0. The molecule has 0 bridgehead atoms. The van der Waals surface area contributed by atoms with Gasteiger partial charge in [0, 0.05) is 5.56 Å². The number of hydrogen-bond donors (Lipinski definition) is 1. The van der Waals surface area contributed by atoms with Gasteiger partial charge in [-0.15, -0.1) is 0 Å². The second-order valence-corrected chi connectivity index (χ2v) is 6.31. The van der Waals surface area contributed by atoms with Crippen LogP contribution in [0.2, 0.25) is 0 Å². The van der Waals surface area contributed by atoms with Crippen molar-refractivity contribution in [1.29, 1.82) is 0 Å². The van der Waals surface area contributed by atoms with Crippen LogP contribution in [-0.2, 0) is 9.84 Å². The van der Waals surface area contributed by atoms with Crippen LogP contribution in [0.3, 0.4) is 0 Å². The van der Waals surface area contributed by atoms with Gasteiger partial charge in [-0.05, 0) is 43.7 Å². The Morgan fingerprint density at radius 3 is 2.61 bits per heavy atom. The van der Waals surface area contributed by atoms with Crippen molar-refractivity contribution >= 4 is 15.6 Å². The number of hydrogen-bond acceptors (Lipinski definition) is 4. The molecule has 0 aromatic heterocycles. The Kier molecular flexibility index (Phi) is 4.98. The van der Waals surface area contributed by atoms with Crippen LogP contribution in [0.15, 0.2) is 18.2 Å². The quantitative estimate of drug-likeness (QED) is 0.787. The molecule has 0 aliphatic rings. The van der Waals surface area contributed by atoms with E-state index in [0.29, 0.717) is 12.0 Å². The number of ketones is 1. The van der Waals surface area contributed by atoms with Crippen molar-refractivity contribution in [3.05, 3.63) is 35.1 Å². The highest BCUT2D eigenvalue weighted by atomic mass is 32.2. The maximum Gasteiger partial charge on any atom is 0.177 e. The molecule has 1 rings (SSSR count). The molecule has 100 valence electrons. The molecular formula is C12H16FNO3S. The summed E-state index contributed by atoms with van der Waals surface area (Å²) in [5.74, 6) is -1.60. The summed E-state index contributed by atoms with van der Waals surface area (Å²) in [6.45, 7) is 1.79. The Morgan fingerprint density at radius 1 is 1.39 bits per heavy atom. The molecule has 1 aromatic carbocycles. The van der Waals surface area contributed by atoms with Gasteiger partial charge in [-0.3, -0.25) is 4.79 Å². The van der Waals surface area contributed by atoms with Crippen molar-refractivity contribution in [2.24, 2.45) is 5.73 Å². The van der Waals surface area contributed by atoms with E-state index in [1.54, 1.807) is 0 Å². The highest BCUT2D eigenvalue weighted by molar-refractivity contribution is 7.92. The monoisotopic (exact) mass is 273 g/mol. The van der Waals surface area contributed by atoms with Gasteiger partial charge >= 0.3 is 0 Å². The fourth-order valence-electron chi connectivity index (χ4n) is 1.48. The normalized spacial score (nSPS) is 11.5. The summed E-state index contributed by atoms with van der Waals surface area (Å²) >= 11 is 0. The van der Waals surface area contributed by atoms with E-state index >= 15 is 0 Å². The zero-order valence-electron chi connectivity index (χ0n) is 10.1. The summed E-state index contributed by atoms with van der Waals surface area (Å²) in [5, 5.41) is 0. The summed E-state index contributed by atoms with van der Waals surface area (Å²) < 4.78 is 36.2. The molecule has 0 spiro atoms. The Morgan fingerprint density at radius 2 is 2.06 bits per heavy atom. The van der Waals surface area contributed by atoms with Crippen molar-refractivity contribution in [3.63, 3.8) is 0 Å². The predicted molar refractivity (Wildman–Crippen MR) is 67.8 cm³/mol. The van der Waals surface area contributed by atoms with E-state index in [1.807, 2.05) is 0 Å². The van der Waals surface area contributed by atoms with Crippen LogP contribution < -0.4 is 5.73 Å². The van der Waals surface area contributed by atoms with Gasteiger partial charge in [0.25, 0.3) is 0 Å². The molecule has 0 fully saturated rings. The van der Waals surface area contributed by atoms with Gasteiger partial charge in [0.05, 0.1) is 5.75 Å². The third-order valence-corrected chi connectivity index (χ3v) is 4.10. The Labute approximate surface area is 106 Å². The molecule has 6 heteroatoms. The first-order valence-electron chi connectivity index (χ1n) is 5.55. The third kappa shape index (κ3) is 4.19. The fourth-order valence-corrected chi connectivity index (χ4v) is 2.79. The molecule has 2 N–H and O–H groups in total. The van der Waals surface area contributed by atoms with Gasteiger partial charge in [-0.2, -0.15) is 0 Å². The van der Waals surface area contributed by atoms with Crippen molar-refractivity contribution in [2.75, 3.05) is 18.1 Å². The highest BCUT2D eigenvalue weighted by Crippen LogP contribution is 2.11. The van der Waals surface area contributed by atoms with Crippen LogP contribution in [-0.4, -0.2) is 32.3 Å². The number of sulfone groups is 1. The lowest BCUT2D eigenvalue weighted by molar-refractivity contribution is 0.102. The van der Waals surface area contributed by atoms with Crippen molar-refractivity contribution < 1.29 is 17.6 Å². The number of nitrogens with two attached hydrogens (primary N) is 1. The first-order valence-corrected chi connectivity index (χ1v) is 7.37. The average Bonchev–Trinajstić information content (AvgIpc) is 2.29. The molecule has 0 aliphatic carbocycles. The van der Waals surface area contributed by atoms with Crippen molar-refractivity contribution in [2.45, 2.75) is 13.3 Å². The SMILES string of the molecule is Cc1cc(C(=O)CS(=O)(=O)CCCN)ccc1F. The van der Waals surface area contributed by atoms with E-state index in [9.17, 15) is 17.6 Å². The smallest absolute Gasteiger partial charge is 0.177 e. The average molecular weight is 273 g/mol.